The number of hydrogen-bond acceptors (Lipinski definition) is 3. The van der Waals surface area contributed by atoms with Crippen LogP contribution in [0.25, 0.3) is 0 Å². The average molecular weight is 223 g/mol. The summed E-state index contributed by atoms with van der Waals surface area (Å²) in [6, 6.07) is 5.46. The second-order valence-electron chi connectivity index (χ2n) is 5.22. The molecule has 0 aliphatic heterocycles. The van der Waals surface area contributed by atoms with Crippen LogP contribution in [0.5, 0.6) is 5.88 Å². The molecule has 1 atom stereocenters. The van der Waals surface area contributed by atoms with Gasteiger partial charge in [0.15, 0.2) is 0 Å². The van der Waals surface area contributed by atoms with Crippen molar-refractivity contribution in [2.24, 2.45) is 5.41 Å². The summed E-state index contributed by atoms with van der Waals surface area (Å²) in [5, 5.41) is 9.99. The highest BCUT2D eigenvalue weighted by molar-refractivity contribution is 5.17. The number of aromatic nitrogens is 1. The fraction of sp³-hybridized carbons (Fsp3) is 0.615. The van der Waals surface area contributed by atoms with Gasteiger partial charge in [-0.05, 0) is 24.3 Å². The molecule has 0 bridgehead atoms. The van der Waals surface area contributed by atoms with Gasteiger partial charge in [-0.3, -0.25) is 0 Å². The molecule has 16 heavy (non-hydrogen) atoms. The molecule has 1 N–H and O–H groups in total. The van der Waals surface area contributed by atoms with Gasteiger partial charge in [0, 0.05) is 6.07 Å². The third-order valence-electron chi connectivity index (χ3n) is 2.46. The summed E-state index contributed by atoms with van der Waals surface area (Å²) in [6.45, 7) is 6.50. The molecule has 0 saturated heterocycles. The Hall–Kier alpha value is -1.09. The fourth-order valence-electron chi connectivity index (χ4n) is 1.45. The van der Waals surface area contributed by atoms with Gasteiger partial charge in [-0.25, -0.2) is 4.98 Å². The highest BCUT2D eigenvalue weighted by Gasteiger charge is 2.15. The summed E-state index contributed by atoms with van der Waals surface area (Å²) < 4.78 is 5.03. The highest BCUT2D eigenvalue weighted by atomic mass is 16.5. The van der Waals surface area contributed by atoms with E-state index in [1.807, 2.05) is 12.1 Å². The van der Waals surface area contributed by atoms with Gasteiger partial charge in [-0.15, -0.1) is 0 Å². The molecule has 0 spiro atoms. The van der Waals surface area contributed by atoms with Crippen molar-refractivity contribution in [3.63, 3.8) is 0 Å². The van der Waals surface area contributed by atoms with Gasteiger partial charge in [0.1, 0.15) is 0 Å². The summed E-state index contributed by atoms with van der Waals surface area (Å²) in [5.41, 5.74) is 0.920. The monoisotopic (exact) mass is 223 g/mol. The van der Waals surface area contributed by atoms with E-state index >= 15 is 0 Å². The largest absolute Gasteiger partial charge is 0.481 e. The van der Waals surface area contributed by atoms with Crippen LogP contribution in [0.15, 0.2) is 18.2 Å². The Balaban J connectivity index is 2.62. The summed E-state index contributed by atoms with van der Waals surface area (Å²) in [6.07, 6.45) is 1.19. The number of ether oxygens (including phenoxy) is 1. The van der Waals surface area contributed by atoms with E-state index in [1.165, 1.54) is 0 Å². The fourth-order valence-corrected chi connectivity index (χ4v) is 1.45. The predicted octanol–water partition coefficient (Wildman–Crippen LogP) is 2.95. The van der Waals surface area contributed by atoms with Crippen LogP contribution in [0, 0.1) is 5.41 Å². The van der Waals surface area contributed by atoms with E-state index in [2.05, 4.69) is 25.8 Å². The maximum absolute atomic E-state index is 9.99. The molecule has 3 heteroatoms. The molecule has 1 heterocycles. The van der Waals surface area contributed by atoms with E-state index in [9.17, 15) is 5.11 Å². The van der Waals surface area contributed by atoms with Crippen LogP contribution in [0.3, 0.4) is 0 Å². The van der Waals surface area contributed by atoms with Crippen LogP contribution in [-0.2, 0) is 0 Å². The highest BCUT2D eigenvalue weighted by Crippen LogP contribution is 2.27. The predicted molar refractivity (Wildman–Crippen MR) is 64.4 cm³/mol. The van der Waals surface area contributed by atoms with Crippen molar-refractivity contribution in [1.29, 1.82) is 0 Å². The first-order valence-corrected chi connectivity index (χ1v) is 5.61. The van der Waals surface area contributed by atoms with Crippen LogP contribution in [0.4, 0.5) is 0 Å². The molecule has 0 aromatic carbocycles. The number of nitrogens with zero attached hydrogens (tertiary/aromatic N) is 1. The Morgan fingerprint density at radius 1 is 1.38 bits per heavy atom. The van der Waals surface area contributed by atoms with Gasteiger partial charge >= 0.3 is 0 Å². The molecule has 0 fully saturated rings. The van der Waals surface area contributed by atoms with Crippen molar-refractivity contribution in [2.45, 2.75) is 39.7 Å². The smallest absolute Gasteiger partial charge is 0.213 e. The number of aliphatic hydroxyl groups is 1. The molecular formula is C13H21NO2. The first-order valence-electron chi connectivity index (χ1n) is 5.61. The van der Waals surface area contributed by atoms with Gasteiger partial charge in [-0.1, -0.05) is 26.8 Å². The minimum Gasteiger partial charge on any atom is -0.481 e. The summed E-state index contributed by atoms with van der Waals surface area (Å²) in [5.74, 6) is 0.548. The number of pyridine rings is 1. The van der Waals surface area contributed by atoms with Crippen molar-refractivity contribution >= 4 is 0 Å². The van der Waals surface area contributed by atoms with Gasteiger partial charge < -0.3 is 9.84 Å². The number of rotatable bonds is 4. The van der Waals surface area contributed by atoms with Crippen LogP contribution in [-0.4, -0.2) is 17.2 Å². The normalized spacial score (nSPS) is 13.6. The Kier molecular flexibility index (Phi) is 4.30. The van der Waals surface area contributed by atoms with Gasteiger partial charge in [-0.2, -0.15) is 0 Å². The van der Waals surface area contributed by atoms with Crippen LogP contribution in [0.2, 0.25) is 0 Å². The zero-order chi connectivity index (χ0) is 12.2. The van der Waals surface area contributed by atoms with E-state index in [0.717, 1.165) is 12.8 Å². The zero-order valence-electron chi connectivity index (χ0n) is 10.5. The molecule has 90 valence electrons. The standard InChI is InChI=1S/C13H21NO2/c1-13(2,3)9-8-11(15)10-6-5-7-12(14-10)16-4/h5-7,11,15H,8-9H2,1-4H3. The zero-order valence-corrected chi connectivity index (χ0v) is 10.5. The third kappa shape index (κ3) is 4.19. The first kappa shape index (κ1) is 13.0. The molecule has 1 unspecified atom stereocenters. The summed E-state index contributed by atoms with van der Waals surface area (Å²) in [4.78, 5) is 4.22. The van der Waals surface area contributed by atoms with Gasteiger partial charge in [0.2, 0.25) is 5.88 Å². The van der Waals surface area contributed by atoms with E-state index < -0.39 is 6.10 Å². The van der Waals surface area contributed by atoms with Crippen LogP contribution in [0.1, 0.15) is 45.4 Å². The molecular weight excluding hydrogens is 202 g/mol. The molecule has 0 amide bonds. The molecule has 3 nitrogen and oxygen atoms in total. The molecule has 1 aromatic rings. The second kappa shape index (κ2) is 5.30. The number of aliphatic hydroxyl groups excluding tert-OH is 1. The lowest BCUT2D eigenvalue weighted by atomic mass is 9.89. The van der Waals surface area contributed by atoms with E-state index in [4.69, 9.17) is 4.74 Å². The van der Waals surface area contributed by atoms with Crippen LogP contribution < -0.4 is 4.74 Å². The molecule has 0 saturated carbocycles. The van der Waals surface area contributed by atoms with Crippen molar-refractivity contribution in [3.8, 4) is 5.88 Å². The van der Waals surface area contributed by atoms with E-state index in [0.29, 0.717) is 11.6 Å². The molecule has 1 aromatic heterocycles. The second-order valence-corrected chi connectivity index (χ2v) is 5.22. The quantitative estimate of drug-likeness (QED) is 0.853. The Morgan fingerprint density at radius 3 is 2.62 bits per heavy atom. The Morgan fingerprint density at radius 2 is 2.06 bits per heavy atom. The third-order valence-corrected chi connectivity index (χ3v) is 2.46. The van der Waals surface area contributed by atoms with Crippen molar-refractivity contribution in [1.82, 2.24) is 4.98 Å². The average Bonchev–Trinajstić information content (AvgIpc) is 2.25. The molecule has 1 rings (SSSR count). The lowest BCUT2D eigenvalue weighted by Crippen LogP contribution is -2.09. The van der Waals surface area contributed by atoms with E-state index in [-0.39, 0.29) is 5.41 Å². The molecule has 0 aliphatic rings. The lowest BCUT2D eigenvalue weighted by Gasteiger charge is -2.20. The van der Waals surface area contributed by atoms with Crippen molar-refractivity contribution < 1.29 is 9.84 Å². The molecule has 0 radical (unpaired) electrons. The maximum Gasteiger partial charge on any atom is 0.213 e. The summed E-state index contributed by atoms with van der Waals surface area (Å²) in [7, 11) is 1.58. The minimum atomic E-state index is -0.505. The van der Waals surface area contributed by atoms with Crippen LogP contribution >= 0.6 is 0 Å². The topological polar surface area (TPSA) is 42.4 Å². The number of hydrogen-bond donors (Lipinski definition) is 1. The van der Waals surface area contributed by atoms with Crippen molar-refractivity contribution in [3.05, 3.63) is 23.9 Å². The summed E-state index contributed by atoms with van der Waals surface area (Å²) >= 11 is 0. The Bertz CT molecular complexity index is 331. The lowest BCUT2D eigenvalue weighted by molar-refractivity contribution is 0.142. The Labute approximate surface area is 97.5 Å². The van der Waals surface area contributed by atoms with Crippen molar-refractivity contribution in [2.75, 3.05) is 7.11 Å². The van der Waals surface area contributed by atoms with E-state index in [1.54, 1.807) is 13.2 Å². The minimum absolute atomic E-state index is 0.236. The van der Waals surface area contributed by atoms with Gasteiger partial charge in [0.05, 0.1) is 18.9 Å². The number of methoxy groups -OCH3 is 1. The maximum atomic E-state index is 9.99. The van der Waals surface area contributed by atoms with Gasteiger partial charge in [0.25, 0.3) is 0 Å². The first-order chi connectivity index (χ1) is 7.42. The SMILES string of the molecule is COc1cccc(C(O)CCC(C)(C)C)n1. The molecule has 0 aliphatic carbocycles.